The Morgan fingerprint density at radius 3 is 2.56 bits per heavy atom. The lowest BCUT2D eigenvalue weighted by atomic mass is 10.1. The number of aryl methyl sites for hydroxylation is 1. The van der Waals surface area contributed by atoms with Crippen molar-refractivity contribution in [2.75, 3.05) is 39.8 Å². The third-order valence-corrected chi connectivity index (χ3v) is 4.79. The molecular weight excluding hydrogens is 344 g/mol. The number of amides is 1. The fourth-order valence-electron chi connectivity index (χ4n) is 3.31. The molecule has 146 valence electrons. The molecule has 2 aromatic rings. The number of piperazine rings is 1. The first-order chi connectivity index (χ1) is 13.1. The lowest BCUT2D eigenvalue weighted by molar-refractivity contribution is -0.122. The van der Waals surface area contributed by atoms with Gasteiger partial charge in [0.05, 0.1) is 18.8 Å². The molecule has 1 aromatic heterocycles. The molecule has 1 amide bonds. The maximum absolute atomic E-state index is 12.3. The van der Waals surface area contributed by atoms with Gasteiger partial charge in [0.15, 0.2) is 0 Å². The monoisotopic (exact) mass is 372 g/mol. The molecule has 0 unspecified atom stereocenters. The quantitative estimate of drug-likeness (QED) is 0.758. The van der Waals surface area contributed by atoms with Gasteiger partial charge in [-0.15, -0.1) is 0 Å². The molecule has 1 fully saturated rings. The molecule has 1 aliphatic rings. The fourth-order valence-corrected chi connectivity index (χ4v) is 3.31. The molecule has 1 saturated heterocycles. The standard InChI is InChI=1S/C20H28N4O3/c1-16-11-19(22-27-16)13-23-7-9-24(10-8-23)14-20(25)21-12-17-5-3-4-6-18(17)15-26-2/h3-6,11H,7-10,12-15H2,1-2H3,(H,21,25). The predicted octanol–water partition coefficient (Wildman–Crippen LogP) is 1.56. The average molecular weight is 372 g/mol. The summed E-state index contributed by atoms with van der Waals surface area (Å²) in [4.78, 5) is 16.8. The van der Waals surface area contributed by atoms with Crippen LogP contribution < -0.4 is 5.32 Å². The second-order valence-electron chi connectivity index (χ2n) is 6.96. The molecule has 1 aromatic carbocycles. The van der Waals surface area contributed by atoms with Gasteiger partial charge in [0, 0.05) is 52.4 Å². The second kappa shape index (κ2) is 9.64. The van der Waals surface area contributed by atoms with Gasteiger partial charge in [0.2, 0.25) is 5.91 Å². The maximum atomic E-state index is 12.3. The number of nitrogens with one attached hydrogen (secondary N) is 1. The number of nitrogens with zero attached hydrogens (tertiary/aromatic N) is 3. The number of benzene rings is 1. The highest BCUT2D eigenvalue weighted by molar-refractivity contribution is 5.78. The van der Waals surface area contributed by atoms with Crippen LogP contribution in [0.15, 0.2) is 34.9 Å². The summed E-state index contributed by atoms with van der Waals surface area (Å²) >= 11 is 0. The fraction of sp³-hybridized carbons (Fsp3) is 0.500. The second-order valence-corrected chi connectivity index (χ2v) is 6.96. The third-order valence-electron chi connectivity index (χ3n) is 4.79. The molecule has 3 rings (SSSR count). The van der Waals surface area contributed by atoms with Crippen molar-refractivity contribution < 1.29 is 14.1 Å². The highest BCUT2D eigenvalue weighted by Gasteiger charge is 2.20. The van der Waals surface area contributed by atoms with E-state index < -0.39 is 0 Å². The summed E-state index contributed by atoms with van der Waals surface area (Å²) < 4.78 is 10.3. The van der Waals surface area contributed by atoms with Crippen LogP contribution in [-0.4, -0.2) is 60.7 Å². The Labute approximate surface area is 160 Å². The van der Waals surface area contributed by atoms with Gasteiger partial charge >= 0.3 is 0 Å². The lowest BCUT2D eigenvalue weighted by Gasteiger charge is -2.33. The topological polar surface area (TPSA) is 70.8 Å². The summed E-state index contributed by atoms with van der Waals surface area (Å²) in [5, 5.41) is 7.07. The van der Waals surface area contributed by atoms with E-state index in [0.29, 0.717) is 19.7 Å². The molecule has 0 spiro atoms. The van der Waals surface area contributed by atoms with Crippen molar-refractivity contribution in [3.8, 4) is 0 Å². The van der Waals surface area contributed by atoms with E-state index in [-0.39, 0.29) is 5.91 Å². The Kier molecular flexibility index (Phi) is 6.98. The minimum Gasteiger partial charge on any atom is -0.380 e. The van der Waals surface area contributed by atoms with Crippen molar-refractivity contribution in [3.05, 3.63) is 52.9 Å². The SMILES string of the molecule is COCc1ccccc1CNC(=O)CN1CCN(Cc2cc(C)on2)CC1. The van der Waals surface area contributed by atoms with Crippen LogP contribution >= 0.6 is 0 Å². The van der Waals surface area contributed by atoms with Crippen molar-refractivity contribution in [2.45, 2.75) is 26.6 Å². The van der Waals surface area contributed by atoms with Crippen molar-refractivity contribution in [1.29, 1.82) is 0 Å². The van der Waals surface area contributed by atoms with Crippen LogP contribution in [0, 0.1) is 6.92 Å². The van der Waals surface area contributed by atoms with E-state index in [2.05, 4.69) is 20.3 Å². The van der Waals surface area contributed by atoms with Gasteiger partial charge < -0.3 is 14.6 Å². The summed E-state index contributed by atoms with van der Waals surface area (Å²) in [6.45, 7) is 7.83. The van der Waals surface area contributed by atoms with Gasteiger partial charge in [-0.3, -0.25) is 14.6 Å². The normalized spacial score (nSPS) is 15.8. The number of carbonyl (C=O) groups is 1. The number of rotatable bonds is 8. The van der Waals surface area contributed by atoms with E-state index >= 15 is 0 Å². The molecule has 0 atom stereocenters. The number of aromatic nitrogens is 1. The number of ether oxygens (including phenoxy) is 1. The van der Waals surface area contributed by atoms with Crippen LogP contribution in [0.4, 0.5) is 0 Å². The average Bonchev–Trinajstić information content (AvgIpc) is 3.08. The minimum absolute atomic E-state index is 0.0581. The summed E-state index contributed by atoms with van der Waals surface area (Å²) in [5.74, 6) is 0.898. The van der Waals surface area contributed by atoms with Crippen LogP contribution in [-0.2, 0) is 29.2 Å². The zero-order valence-corrected chi connectivity index (χ0v) is 16.1. The van der Waals surface area contributed by atoms with E-state index in [0.717, 1.165) is 55.3 Å². The molecule has 7 nitrogen and oxygen atoms in total. The van der Waals surface area contributed by atoms with Crippen LogP contribution in [0.5, 0.6) is 0 Å². The van der Waals surface area contributed by atoms with Gasteiger partial charge in [0.1, 0.15) is 5.76 Å². The smallest absolute Gasteiger partial charge is 0.234 e. The molecule has 1 N–H and O–H groups in total. The molecule has 0 radical (unpaired) electrons. The molecule has 1 aliphatic heterocycles. The molecule has 0 aliphatic carbocycles. The zero-order chi connectivity index (χ0) is 19.1. The Balaban J connectivity index is 1.39. The first-order valence-electron chi connectivity index (χ1n) is 9.33. The highest BCUT2D eigenvalue weighted by atomic mass is 16.5. The van der Waals surface area contributed by atoms with Crippen LogP contribution in [0.2, 0.25) is 0 Å². The molecule has 0 bridgehead atoms. The Morgan fingerprint density at radius 1 is 1.19 bits per heavy atom. The van der Waals surface area contributed by atoms with Crippen molar-refractivity contribution in [3.63, 3.8) is 0 Å². The van der Waals surface area contributed by atoms with Gasteiger partial charge in [-0.1, -0.05) is 29.4 Å². The van der Waals surface area contributed by atoms with E-state index in [1.807, 2.05) is 37.3 Å². The summed E-state index contributed by atoms with van der Waals surface area (Å²) in [7, 11) is 1.68. The van der Waals surface area contributed by atoms with Gasteiger partial charge in [-0.2, -0.15) is 0 Å². The summed E-state index contributed by atoms with van der Waals surface area (Å²) in [5.41, 5.74) is 3.17. The number of methoxy groups -OCH3 is 1. The van der Waals surface area contributed by atoms with Gasteiger partial charge in [-0.05, 0) is 18.1 Å². The molecular formula is C20H28N4O3. The highest BCUT2D eigenvalue weighted by Crippen LogP contribution is 2.10. The summed E-state index contributed by atoms with van der Waals surface area (Å²) in [6, 6.07) is 10.00. The lowest BCUT2D eigenvalue weighted by Crippen LogP contribution is -2.49. The Hall–Kier alpha value is -2.22. The van der Waals surface area contributed by atoms with Gasteiger partial charge in [0.25, 0.3) is 0 Å². The number of hydrogen-bond donors (Lipinski definition) is 1. The molecule has 2 heterocycles. The predicted molar refractivity (Wildman–Crippen MR) is 102 cm³/mol. The molecule has 7 heteroatoms. The van der Waals surface area contributed by atoms with E-state index in [9.17, 15) is 4.79 Å². The third kappa shape index (κ3) is 5.89. The summed E-state index contributed by atoms with van der Waals surface area (Å²) in [6.07, 6.45) is 0. The largest absolute Gasteiger partial charge is 0.380 e. The van der Waals surface area contributed by atoms with Crippen LogP contribution in [0.1, 0.15) is 22.6 Å². The first kappa shape index (κ1) is 19.5. The van der Waals surface area contributed by atoms with Crippen molar-refractivity contribution in [1.82, 2.24) is 20.3 Å². The maximum Gasteiger partial charge on any atom is 0.234 e. The number of carbonyl (C=O) groups excluding carboxylic acids is 1. The van der Waals surface area contributed by atoms with Crippen LogP contribution in [0.3, 0.4) is 0 Å². The zero-order valence-electron chi connectivity index (χ0n) is 16.1. The van der Waals surface area contributed by atoms with E-state index in [1.165, 1.54) is 0 Å². The van der Waals surface area contributed by atoms with Gasteiger partial charge in [-0.25, -0.2) is 0 Å². The minimum atomic E-state index is 0.0581. The Morgan fingerprint density at radius 2 is 1.89 bits per heavy atom. The van der Waals surface area contributed by atoms with E-state index in [1.54, 1.807) is 7.11 Å². The number of hydrogen-bond acceptors (Lipinski definition) is 6. The van der Waals surface area contributed by atoms with Crippen molar-refractivity contribution >= 4 is 5.91 Å². The molecule has 27 heavy (non-hydrogen) atoms. The van der Waals surface area contributed by atoms with Crippen molar-refractivity contribution in [2.24, 2.45) is 0 Å². The molecule has 0 saturated carbocycles. The Bertz CT molecular complexity index is 738. The first-order valence-corrected chi connectivity index (χ1v) is 9.33. The van der Waals surface area contributed by atoms with Crippen LogP contribution in [0.25, 0.3) is 0 Å². The van der Waals surface area contributed by atoms with E-state index in [4.69, 9.17) is 9.26 Å².